The smallest absolute Gasteiger partial charge is 0.302 e. The molecule has 0 aliphatic rings. The lowest BCUT2D eigenvalue weighted by molar-refractivity contribution is -0.145. The number of benzene rings is 1. The minimum absolute atomic E-state index is 0.130. The minimum atomic E-state index is -0.244. The van der Waals surface area contributed by atoms with Crippen molar-refractivity contribution in [2.24, 2.45) is 0 Å². The molecule has 0 bridgehead atoms. The number of nitrogens with zero attached hydrogens (tertiary/aromatic N) is 1. The Morgan fingerprint density at radius 2 is 1.94 bits per heavy atom. The molecule has 17 heavy (non-hydrogen) atoms. The van der Waals surface area contributed by atoms with Crippen LogP contribution in [-0.2, 0) is 16.1 Å². The summed E-state index contributed by atoms with van der Waals surface area (Å²) in [7, 11) is 0. The van der Waals surface area contributed by atoms with E-state index in [1.54, 1.807) is 0 Å². The zero-order chi connectivity index (χ0) is 12.3. The van der Waals surface area contributed by atoms with Crippen molar-refractivity contribution in [2.75, 3.05) is 5.33 Å². The predicted octanol–water partition coefficient (Wildman–Crippen LogP) is 2.97. The third-order valence-electron chi connectivity index (χ3n) is 2.53. The number of ether oxygens (including phenoxy) is 1. The summed E-state index contributed by atoms with van der Waals surface area (Å²) in [6.45, 7) is 2.10. The van der Waals surface area contributed by atoms with Crippen molar-refractivity contribution < 1.29 is 9.53 Å². The van der Waals surface area contributed by atoms with E-state index in [4.69, 9.17) is 4.74 Å². The van der Waals surface area contributed by atoms with Crippen LogP contribution in [0.1, 0.15) is 6.92 Å². The molecule has 0 amide bonds. The van der Waals surface area contributed by atoms with Crippen LogP contribution in [-0.4, -0.2) is 22.0 Å². The van der Waals surface area contributed by atoms with Gasteiger partial charge in [0.15, 0.2) is 0 Å². The van der Waals surface area contributed by atoms with Gasteiger partial charge in [-0.3, -0.25) is 4.79 Å². The van der Waals surface area contributed by atoms with E-state index in [1.807, 2.05) is 12.1 Å². The average Bonchev–Trinajstić information content (AvgIpc) is 2.69. The lowest BCUT2D eigenvalue weighted by Crippen LogP contribution is -2.23. The minimum Gasteiger partial charge on any atom is -0.460 e. The summed E-state index contributed by atoms with van der Waals surface area (Å²) < 4.78 is 7.25. The van der Waals surface area contributed by atoms with E-state index in [2.05, 4.69) is 45.0 Å². The number of esters is 1. The summed E-state index contributed by atoms with van der Waals surface area (Å²) >= 11 is 3.36. The molecule has 1 atom stereocenters. The Bertz CT molecular complexity index is 488. The highest BCUT2D eigenvalue weighted by molar-refractivity contribution is 9.09. The van der Waals surface area contributed by atoms with E-state index in [-0.39, 0.29) is 12.1 Å². The van der Waals surface area contributed by atoms with Crippen LogP contribution in [0.25, 0.3) is 10.8 Å². The first-order valence-electron chi connectivity index (χ1n) is 5.47. The van der Waals surface area contributed by atoms with Gasteiger partial charge in [-0.15, -0.1) is 0 Å². The number of carbonyl (C=O) groups is 1. The Hall–Kier alpha value is -1.29. The number of fused-ring (bicyclic) bond motifs is 1. The van der Waals surface area contributed by atoms with Crippen molar-refractivity contribution in [3.63, 3.8) is 0 Å². The predicted molar refractivity (Wildman–Crippen MR) is 71.3 cm³/mol. The molecule has 90 valence electrons. The first kappa shape index (κ1) is 12.2. The number of halogens is 1. The fourth-order valence-electron chi connectivity index (χ4n) is 1.83. The third kappa shape index (κ3) is 3.09. The molecule has 1 aromatic carbocycles. The number of alkyl halides is 1. The number of carbonyl (C=O) groups excluding carboxylic acids is 1. The molecule has 3 nitrogen and oxygen atoms in total. The molecule has 1 heterocycles. The Balaban J connectivity index is 2.14. The summed E-state index contributed by atoms with van der Waals surface area (Å²) in [6, 6.07) is 8.17. The number of hydrogen-bond donors (Lipinski definition) is 0. The van der Waals surface area contributed by atoms with Gasteiger partial charge in [0, 0.05) is 24.6 Å². The van der Waals surface area contributed by atoms with Gasteiger partial charge in [0.2, 0.25) is 0 Å². The maximum Gasteiger partial charge on any atom is 0.302 e. The van der Waals surface area contributed by atoms with Gasteiger partial charge in [-0.1, -0.05) is 40.2 Å². The molecule has 0 N–H and O–H groups in total. The SMILES string of the molecule is CC(=O)OC(CBr)Cn1cc2ccccc2c1. The number of rotatable bonds is 4. The molecular formula is C13H14BrNO2. The molecular weight excluding hydrogens is 282 g/mol. The summed E-state index contributed by atoms with van der Waals surface area (Å²) in [5.41, 5.74) is 0. The van der Waals surface area contributed by atoms with Crippen molar-refractivity contribution >= 4 is 32.7 Å². The van der Waals surface area contributed by atoms with Crippen molar-refractivity contribution in [1.29, 1.82) is 0 Å². The number of aromatic nitrogens is 1. The van der Waals surface area contributed by atoms with E-state index >= 15 is 0 Å². The second-order valence-corrected chi connectivity index (χ2v) is 4.62. The van der Waals surface area contributed by atoms with Crippen LogP contribution in [0, 0.1) is 0 Å². The van der Waals surface area contributed by atoms with Crippen molar-refractivity contribution in [3.05, 3.63) is 36.7 Å². The topological polar surface area (TPSA) is 31.2 Å². The molecule has 0 fully saturated rings. The third-order valence-corrected chi connectivity index (χ3v) is 3.25. The number of hydrogen-bond acceptors (Lipinski definition) is 2. The Morgan fingerprint density at radius 3 is 2.41 bits per heavy atom. The molecule has 0 aliphatic carbocycles. The highest BCUT2D eigenvalue weighted by Crippen LogP contribution is 2.15. The normalized spacial score (nSPS) is 12.6. The molecule has 1 unspecified atom stereocenters. The molecule has 0 saturated heterocycles. The van der Waals surface area contributed by atoms with Gasteiger partial charge in [-0.2, -0.15) is 0 Å². The largest absolute Gasteiger partial charge is 0.460 e. The first-order valence-corrected chi connectivity index (χ1v) is 6.59. The van der Waals surface area contributed by atoms with E-state index in [1.165, 1.54) is 17.7 Å². The van der Waals surface area contributed by atoms with Crippen molar-refractivity contribution in [1.82, 2.24) is 4.57 Å². The van der Waals surface area contributed by atoms with Crippen LogP contribution in [0.2, 0.25) is 0 Å². The van der Waals surface area contributed by atoms with Gasteiger partial charge in [-0.25, -0.2) is 0 Å². The average molecular weight is 296 g/mol. The van der Waals surface area contributed by atoms with E-state index in [0.29, 0.717) is 11.9 Å². The molecule has 2 rings (SSSR count). The summed E-state index contributed by atoms with van der Waals surface area (Å²) in [5, 5.41) is 3.04. The van der Waals surface area contributed by atoms with E-state index < -0.39 is 0 Å². The van der Waals surface area contributed by atoms with E-state index in [9.17, 15) is 4.79 Å². The van der Waals surface area contributed by atoms with Gasteiger partial charge >= 0.3 is 5.97 Å². The molecule has 0 saturated carbocycles. The van der Waals surface area contributed by atoms with E-state index in [0.717, 1.165) is 0 Å². The Kier molecular flexibility index (Phi) is 3.84. The molecule has 0 aliphatic heterocycles. The summed E-state index contributed by atoms with van der Waals surface area (Å²) in [6.07, 6.45) is 4.00. The zero-order valence-corrected chi connectivity index (χ0v) is 11.2. The summed E-state index contributed by atoms with van der Waals surface area (Å²) in [5.74, 6) is -0.244. The van der Waals surface area contributed by atoms with Gasteiger partial charge in [0.05, 0.1) is 6.54 Å². The first-order chi connectivity index (χ1) is 8.19. The molecule has 4 heteroatoms. The van der Waals surface area contributed by atoms with Gasteiger partial charge in [0.25, 0.3) is 0 Å². The Morgan fingerprint density at radius 1 is 1.35 bits per heavy atom. The lowest BCUT2D eigenvalue weighted by atomic mass is 10.2. The second kappa shape index (κ2) is 5.36. The second-order valence-electron chi connectivity index (χ2n) is 3.97. The fraction of sp³-hybridized carbons (Fsp3) is 0.308. The highest BCUT2D eigenvalue weighted by atomic mass is 79.9. The van der Waals surface area contributed by atoms with Crippen molar-refractivity contribution in [3.8, 4) is 0 Å². The van der Waals surface area contributed by atoms with Crippen LogP contribution in [0.3, 0.4) is 0 Å². The maximum absolute atomic E-state index is 10.9. The maximum atomic E-state index is 10.9. The highest BCUT2D eigenvalue weighted by Gasteiger charge is 2.11. The zero-order valence-electron chi connectivity index (χ0n) is 9.60. The monoisotopic (exact) mass is 295 g/mol. The molecule has 1 aromatic heterocycles. The van der Waals surface area contributed by atoms with Crippen LogP contribution in [0.5, 0.6) is 0 Å². The standard InChI is InChI=1S/C13H14BrNO2/c1-10(16)17-13(6-14)9-15-7-11-4-2-3-5-12(11)8-15/h2-5,7-8,13H,6,9H2,1H3. The molecule has 0 radical (unpaired) electrons. The van der Waals surface area contributed by atoms with Crippen LogP contribution in [0.4, 0.5) is 0 Å². The summed E-state index contributed by atoms with van der Waals surface area (Å²) in [4.78, 5) is 10.9. The fourth-order valence-corrected chi connectivity index (χ4v) is 2.17. The van der Waals surface area contributed by atoms with Gasteiger partial charge in [-0.05, 0) is 10.8 Å². The molecule has 2 aromatic rings. The Labute approximate surface area is 108 Å². The van der Waals surface area contributed by atoms with Crippen molar-refractivity contribution in [2.45, 2.75) is 19.6 Å². The lowest BCUT2D eigenvalue weighted by Gasteiger charge is -2.14. The van der Waals surface area contributed by atoms with Crippen LogP contribution < -0.4 is 0 Å². The van der Waals surface area contributed by atoms with Gasteiger partial charge < -0.3 is 9.30 Å². The van der Waals surface area contributed by atoms with Gasteiger partial charge in [0.1, 0.15) is 6.10 Å². The van der Waals surface area contributed by atoms with Crippen LogP contribution in [0.15, 0.2) is 36.7 Å². The quantitative estimate of drug-likeness (QED) is 0.641. The van der Waals surface area contributed by atoms with Crippen LogP contribution >= 0.6 is 15.9 Å². The molecule has 0 spiro atoms.